The third-order valence-corrected chi connectivity index (χ3v) is 5.58. The van der Waals surface area contributed by atoms with Gasteiger partial charge in [0.05, 0.1) is 6.04 Å². The van der Waals surface area contributed by atoms with E-state index in [-0.39, 0.29) is 12.1 Å². The summed E-state index contributed by atoms with van der Waals surface area (Å²) in [5.74, 6) is 0.458. The lowest BCUT2D eigenvalue weighted by molar-refractivity contribution is 0.129. The van der Waals surface area contributed by atoms with Crippen LogP contribution < -0.4 is 5.32 Å². The number of hydrogen-bond acceptors (Lipinski definition) is 1. The van der Waals surface area contributed by atoms with E-state index in [1.165, 1.54) is 16.7 Å². The molecule has 0 aliphatic carbocycles. The van der Waals surface area contributed by atoms with E-state index in [9.17, 15) is 4.79 Å². The second-order valence-electron chi connectivity index (χ2n) is 7.56. The molecule has 1 N–H and O–H groups in total. The average molecular weight is 351 g/mol. The number of urea groups is 1. The number of benzene rings is 2. The van der Waals surface area contributed by atoms with Gasteiger partial charge < -0.3 is 10.2 Å². The van der Waals surface area contributed by atoms with Gasteiger partial charge >= 0.3 is 6.03 Å². The van der Waals surface area contributed by atoms with E-state index in [1.807, 2.05) is 4.90 Å². The summed E-state index contributed by atoms with van der Waals surface area (Å²) in [7, 11) is 0. The summed E-state index contributed by atoms with van der Waals surface area (Å²) in [6.07, 6.45) is 3.13. The molecule has 3 heteroatoms. The number of piperidine rings is 1. The van der Waals surface area contributed by atoms with Crippen LogP contribution in [0.3, 0.4) is 0 Å². The van der Waals surface area contributed by atoms with Gasteiger partial charge in [0.1, 0.15) is 0 Å². The van der Waals surface area contributed by atoms with Gasteiger partial charge in [-0.25, -0.2) is 4.79 Å². The number of amides is 2. The molecule has 138 valence electrons. The first-order valence-corrected chi connectivity index (χ1v) is 9.74. The summed E-state index contributed by atoms with van der Waals surface area (Å²) in [6.45, 7) is 9.35. The van der Waals surface area contributed by atoms with Gasteiger partial charge in [-0.05, 0) is 55.7 Å². The normalized spacial score (nSPS) is 20.1. The molecule has 2 atom stereocenters. The molecule has 3 nitrogen and oxygen atoms in total. The van der Waals surface area contributed by atoms with Crippen LogP contribution in [-0.4, -0.2) is 17.5 Å². The van der Waals surface area contributed by atoms with E-state index >= 15 is 0 Å². The van der Waals surface area contributed by atoms with Crippen molar-refractivity contribution in [1.82, 2.24) is 4.90 Å². The lowest BCUT2D eigenvalue weighted by Crippen LogP contribution is -2.44. The predicted molar refractivity (Wildman–Crippen MR) is 109 cm³/mol. The molecule has 0 spiro atoms. The molecule has 2 amide bonds. The van der Waals surface area contributed by atoms with Crippen molar-refractivity contribution in [1.29, 1.82) is 0 Å². The van der Waals surface area contributed by atoms with Crippen LogP contribution in [0.15, 0.2) is 42.5 Å². The number of para-hydroxylation sites is 1. The first kappa shape index (κ1) is 18.5. The summed E-state index contributed by atoms with van der Waals surface area (Å²) in [4.78, 5) is 15.2. The number of carbonyl (C=O) groups excluding carboxylic acids is 1. The largest absolute Gasteiger partial charge is 0.322 e. The lowest BCUT2D eigenvalue weighted by Gasteiger charge is -2.40. The minimum absolute atomic E-state index is 0.0196. The van der Waals surface area contributed by atoms with E-state index in [1.54, 1.807) is 0 Å². The molecule has 2 aromatic rings. The van der Waals surface area contributed by atoms with Crippen molar-refractivity contribution in [2.45, 2.75) is 53.0 Å². The zero-order valence-electron chi connectivity index (χ0n) is 16.4. The maximum Gasteiger partial charge on any atom is 0.322 e. The van der Waals surface area contributed by atoms with E-state index < -0.39 is 0 Å². The Hall–Kier alpha value is -2.29. The minimum atomic E-state index is 0.0196. The van der Waals surface area contributed by atoms with Crippen molar-refractivity contribution in [3.63, 3.8) is 0 Å². The van der Waals surface area contributed by atoms with Crippen molar-refractivity contribution in [3.8, 4) is 0 Å². The van der Waals surface area contributed by atoms with Crippen LogP contribution in [0.25, 0.3) is 0 Å². The number of anilines is 1. The van der Waals surface area contributed by atoms with Crippen LogP contribution in [0.4, 0.5) is 10.5 Å². The molecule has 3 rings (SSSR count). The van der Waals surface area contributed by atoms with Crippen molar-refractivity contribution < 1.29 is 4.79 Å². The summed E-state index contributed by atoms with van der Waals surface area (Å²) in [5, 5.41) is 3.22. The highest BCUT2D eigenvalue weighted by atomic mass is 16.2. The van der Waals surface area contributed by atoms with Crippen molar-refractivity contribution in [3.05, 3.63) is 64.7 Å². The predicted octanol–water partition coefficient (Wildman–Crippen LogP) is 5.87. The Morgan fingerprint density at radius 3 is 2.58 bits per heavy atom. The molecule has 2 aromatic carbocycles. The number of hydrogen-bond donors (Lipinski definition) is 1. The van der Waals surface area contributed by atoms with Crippen molar-refractivity contribution in [2.75, 3.05) is 11.9 Å². The summed E-state index contributed by atoms with van der Waals surface area (Å²) in [5.41, 5.74) is 5.77. The number of nitrogens with one attached hydrogen (secondary N) is 1. The molecule has 26 heavy (non-hydrogen) atoms. The van der Waals surface area contributed by atoms with Crippen LogP contribution in [0.2, 0.25) is 0 Å². The number of likely N-dealkylation sites (tertiary alicyclic amines) is 1. The van der Waals surface area contributed by atoms with Crippen LogP contribution in [-0.2, 0) is 6.42 Å². The molecular weight excluding hydrogens is 320 g/mol. The molecule has 1 fully saturated rings. The number of aryl methyl sites for hydroxylation is 3. The zero-order chi connectivity index (χ0) is 18.7. The molecule has 1 aliphatic rings. The summed E-state index contributed by atoms with van der Waals surface area (Å²) >= 11 is 0. The van der Waals surface area contributed by atoms with Gasteiger partial charge in [-0.15, -0.1) is 0 Å². The second kappa shape index (κ2) is 7.94. The maximum absolute atomic E-state index is 13.2. The molecule has 0 unspecified atom stereocenters. The van der Waals surface area contributed by atoms with Gasteiger partial charge in [-0.3, -0.25) is 0 Å². The maximum atomic E-state index is 13.2. The molecule has 0 aromatic heterocycles. The van der Waals surface area contributed by atoms with E-state index in [0.29, 0.717) is 5.92 Å². The van der Waals surface area contributed by atoms with E-state index in [2.05, 4.69) is 75.5 Å². The molecule has 1 heterocycles. The zero-order valence-corrected chi connectivity index (χ0v) is 16.4. The standard InChI is InChI=1S/C23H30N2O/c1-5-19-10-6-8-17(3)21(19)24-23(26)25-15-7-9-18(4)22(25)20-13-11-16(2)12-14-20/h6,8,10-14,18,22H,5,7,9,15H2,1-4H3,(H,24,26)/t18-,22-/m1/s1. The fourth-order valence-corrected chi connectivity index (χ4v) is 4.07. The Morgan fingerprint density at radius 1 is 1.15 bits per heavy atom. The van der Waals surface area contributed by atoms with Crippen molar-refractivity contribution >= 4 is 11.7 Å². The quantitative estimate of drug-likeness (QED) is 0.737. The number of rotatable bonds is 3. The van der Waals surface area contributed by atoms with Crippen molar-refractivity contribution in [2.24, 2.45) is 5.92 Å². The molecule has 1 aliphatic heterocycles. The summed E-state index contributed by atoms with van der Waals surface area (Å²) in [6, 6.07) is 15.0. The minimum Gasteiger partial charge on any atom is -0.317 e. The van der Waals surface area contributed by atoms with E-state index in [0.717, 1.165) is 37.1 Å². The fourth-order valence-electron chi connectivity index (χ4n) is 4.07. The average Bonchev–Trinajstić information content (AvgIpc) is 2.64. The van der Waals surface area contributed by atoms with Gasteiger partial charge in [0.15, 0.2) is 0 Å². The monoisotopic (exact) mass is 350 g/mol. The Balaban J connectivity index is 1.88. The smallest absolute Gasteiger partial charge is 0.317 e. The van der Waals surface area contributed by atoms with Gasteiger partial charge in [0.2, 0.25) is 0 Å². The van der Waals surface area contributed by atoms with Gasteiger partial charge in [0.25, 0.3) is 0 Å². The lowest BCUT2D eigenvalue weighted by atomic mass is 9.86. The van der Waals surface area contributed by atoms with Crippen LogP contribution in [0.1, 0.15) is 55.0 Å². The Labute approximate surface area is 157 Å². The summed E-state index contributed by atoms with van der Waals surface area (Å²) < 4.78 is 0. The molecule has 0 radical (unpaired) electrons. The number of nitrogens with zero attached hydrogens (tertiary/aromatic N) is 1. The Morgan fingerprint density at radius 2 is 1.88 bits per heavy atom. The third-order valence-electron chi connectivity index (χ3n) is 5.58. The highest BCUT2D eigenvalue weighted by Gasteiger charge is 2.33. The first-order valence-electron chi connectivity index (χ1n) is 9.74. The van der Waals surface area contributed by atoms with Crippen LogP contribution >= 0.6 is 0 Å². The number of carbonyl (C=O) groups is 1. The first-order chi connectivity index (χ1) is 12.5. The highest BCUT2D eigenvalue weighted by molar-refractivity contribution is 5.91. The van der Waals surface area contributed by atoms with Gasteiger partial charge in [-0.2, -0.15) is 0 Å². The Bertz CT molecular complexity index is 766. The molecule has 1 saturated heterocycles. The SMILES string of the molecule is CCc1cccc(C)c1NC(=O)N1CCC[C@@H](C)[C@@H]1c1ccc(C)cc1. The second-order valence-corrected chi connectivity index (χ2v) is 7.56. The van der Waals surface area contributed by atoms with Crippen LogP contribution in [0.5, 0.6) is 0 Å². The topological polar surface area (TPSA) is 32.3 Å². The van der Waals surface area contributed by atoms with Gasteiger partial charge in [-0.1, -0.05) is 61.9 Å². The fraction of sp³-hybridized carbons (Fsp3) is 0.435. The van der Waals surface area contributed by atoms with E-state index in [4.69, 9.17) is 0 Å². The third kappa shape index (κ3) is 3.77. The molecular formula is C23H30N2O. The molecule has 0 saturated carbocycles. The van der Waals surface area contributed by atoms with Gasteiger partial charge in [0, 0.05) is 12.2 Å². The van der Waals surface area contributed by atoms with Crippen LogP contribution in [0, 0.1) is 19.8 Å². The highest BCUT2D eigenvalue weighted by Crippen LogP contribution is 2.36. The Kier molecular flexibility index (Phi) is 5.65. The molecule has 0 bridgehead atoms.